The molecule has 0 fully saturated rings. The standard InChI is InChI=1S/C27H26N2O3S/c1-18-8-14-23(15-9-18)33-17-24-19(2)32-27(29-24)21-12-10-20(11-13-21)26(30)28-16-22-6-4-5-7-25(22)31-3/h4-15H,16-17H2,1-3H3,(H,28,30). The third-order valence-electron chi connectivity index (χ3n) is 5.32. The number of aryl methyl sites for hydroxylation is 2. The van der Waals surface area contributed by atoms with Gasteiger partial charge in [0.1, 0.15) is 11.5 Å². The summed E-state index contributed by atoms with van der Waals surface area (Å²) in [6.45, 7) is 4.41. The van der Waals surface area contributed by atoms with E-state index in [9.17, 15) is 4.79 Å². The Morgan fingerprint density at radius 1 is 1.00 bits per heavy atom. The SMILES string of the molecule is COc1ccccc1CNC(=O)c1ccc(-c2nc(CSc3ccc(C)cc3)c(C)o2)cc1. The summed E-state index contributed by atoms with van der Waals surface area (Å²) in [4.78, 5) is 18.5. The van der Waals surface area contributed by atoms with E-state index in [1.165, 1.54) is 10.5 Å². The number of benzene rings is 3. The summed E-state index contributed by atoms with van der Waals surface area (Å²) in [5, 5.41) is 2.94. The van der Waals surface area contributed by atoms with Crippen molar-refractivity contribution < 1.29 is 13.9 Å². The molecule has 3 aromatic carbocycles. The lowest BCUT2D eigenvalue weighted by molar-refractivity contribution is 0.0950. The fourth-order valence-electron chi connectivity index (χ4n) is 3.36. The van der Waals surface area contributed by atoms with Gasteiger partial charge in [0, 0.05) is 33.9 Å². The second-order valence-corrected chi connectivity index (χ2v) is 8.74. The lowest BCUT2D eigenvalue weighted by Crippen LogP contribution is -2.22. The van der Waals surface area contributed by atoms with E-state index in [1.807, 2.05) is 43.3 Å². The van der Waals surface area contributed by atoms with Crippen LogP contribution in [0.5, 0.6) is 5.75 Å². The smallest absolute Gasteiger partial charge is 0.251 e. The first-order valence-electron chi connectivity index (χ1n) is 10.7. The second kappa shape index (κ2) is 10.4. The van der Waals surface area contributed by atoms with Crippen LogP contribution < -0.4 is 10.1 Å². The van der Waals surface area contributed by atoms with Gasteiger partial charge in [0.2, 0.25) is 5.89 Å². The third-order valence-corrected chi connectivity index (χ3v) is 6.34. The predicted molar refractivity (Wildman–Crippen MR) is 132 cm³/mol. The maximum absolute atomic E-state index is 12.6. The zero-order valence-corrected chi connectivity index (χ0v) is 19.7. The van der Waals surface area contributed by atoms with Crippen LogP contribution in [0, 0.1) is 13.8 Å². The quantitative estimate of drug-likeness (QED) is 0.319. The summed E-state index contributed by atoms with van der Waals surface area (Å²) in [6.07, 6.45) is 0. The van der Waals surface area contributed by atoms with Crippen LogP contribution in [0.4, 0.5) is 0 Å². The molecule has 0 unspecified atom stereocenters. The van der Waals surface area contributed by atoms with Gasteiger partial charge in [-0.3, -0.25) is 4.79 Å². The Morgan fingerprint density at radius 3 is 2.45 bits per heavy atom. The second-order valence-electron chi connectivity index (χ2n) is 7.70. The number of hydrogen-bond acceptors (Lipinski definition) is 5. The first kappa shape index (κ1) is 22.7. The molecule has 0 bridgehead atoms. The molecule has 0 aliphatic heterocycles. The number of nitrogens with zero attached hydrogens (tertiary/aromatic N) is 1. The zero-order chi connectivity index (χ0) is 23.2. The fourth-order valence-corrected chi connectivity index (χ4v) is 4.26. The molecule has 0 radical (unpaired) electrons. The predicted octanol–water partition coefficient (Wildman–Crippen LogP) is 6.19. The Morgan fingerprint density at radius 2 is 1.73 bits per heavy atom. The van der Waals surface area contributed by atoms with Gasteiger partial charge in [-0.25, -0.2) is 4.98 Å². The Hall–Kier alpha value is -3.51. The topological polar surface area (TPSA) is 64.4 Å². The number of methoxy groups -OCH3 is 1. The molecule has 4 aromatic rings. The van der Waals surface area contributed by atoms with Crippen LogP contribution >= 0.6 is 11.8 Å². The van der Waals surface area contributed by atoms with Crippen LogP contribution in [0.2, 0.25) is 0 Å². The van der Waals surface area contributed by atoms with Gasteiger partial charge in [-0.2, -0.15) is 0 Å². The van der Waals surface area contributed by atoms with Crippen molar-refractivity contribution in [3.63, 3.8) is 0 Å². The highest BCUT2D eigenvalue weighted by molar-refractivity contribution is 7.98. The minimum Gasteiger partial charge on any atom is -0.496 e. The average Bonchev–Trinajstić information content (AvgIpc) is 3.22. The van der Waals surface area contributed by atoms with E-state index in [0.717, 1.165) is 34.1 Å². The number of ether oxygens (including phenoxy) is 1. The van der Waals surface area contributed by atoms with Crippen molar-refractivity contribution in [1.29, 1.82) is 0 Å². The molecular formula is C27H26N2O3S. The van der Waals surface area contributed by atoms with Gasteiger partial charge in [0.15, 0.2) is 0 Å². The van der Waals surface area contributed by atoms with E-state index in [0.29, 0.717) is 18.0 Å². The summed E-state index contributed by atoms with van der Waals surface area (Å²) in [6, 6.07) is 23.4. The van der Waals surface area contributed by atoms with E-state index >= 15 is 0 Å². The summed E-state index contributed by atoms with van der Waals surface area (Å²) < 4.78 is 11.2. The lowest BCUT2D eigenvalue weighted by Gasteiger charge is -2.09. The number of thioether (sulfide) groups is 1. The first-order chi connectivity index (χ1) is 16.0. The maximum Gasteiger partial charge on any atom is 0.251 e. The van der Waals surface area contributed by atoms with E-state index in [4.69, 9.17) is 9.15 Å². The zero-order valence-electron chi connectivity index (χ0n) is 18.9. The summed E-state index contributed by atoms with van der Waals surface area (Å²) >= 11 is 1.73. The molecular weight excluding hydrogens is 432 g/mol. The number of rotatable bonds is 8. The number of amides is 1. The van der Waals surface area contributed by atoms with Gasteiger partial charge in [0.25, 0.3) is 5.91 Å². The molecule has 0 aliphatic rings. The molecule has 0 saturated carbocycles. The molecule has 6 heteroatoms. The highest BCUT2D eigenvalue weighted by Gasteiger charge is 2.13. The number of carbonyl (C=O) groups excluding carboxylic acids is 1. The molecule has 1 amide bonds. The maximum atomic E-state index is 12.6. The van der Waals surface area contributed by atoms with Gasteiger partial charge in [-0.05, 0) is 56.3 Å². The molecule has 0 atom stereocenters. The Bertz CT molecular complexity index is 1230. The van der Waals surface area contributed by atoms with Crippen LogP contribution in [0.25, 0.3) is 11.5 Å². The summed E-state index contributed by atoms with van der Waals surface area (Å²) in [5.41, 5.74) is 4.51. The number of aromatic nitrogens is 1. The van der Waals surface area contributed by atoms with Crippen molar-refractivity contribution in [1.82, 2.24) is 10.3 Å². The minimum absolute atomic E-state index is 0.147. The number of carbonyl (C=O) groups is 1. The summed E-state index contributed by atoms with van der Waals surface area (Å²) in [7, 11) is 1.62. The van der Waals surface area contributed by atoms with E-state index < -0.39 is 0 Å². The van der Waals surface area contributed by atoms with Gasteiger partial charge in [-0.1, -0.05) is 35.9 Å². The van der Waals surface area contributed by atoms with Crippen molar-refractivity contribution in [3.8, 4) is 17.2 Å². The lowest BCUT2D eigenvalue weighted by atomic mass is 10.1. The van der Waals surface area contributed by atoms with Crippen LogP contribution in [0.15, 0.2) is 82.1 Å². The van der Waals surface area contributed by atoms with E-state index in [2.05, 4.69) is 41.5 Å². The van der Waals surface area contributed by atoms with Crippen molar-refractivity contribution in [3.05, 3.63) is 101 Å². The molecule has 0 aliphatic carbocycles. The number of nitrogens with one attached hydrogen (secondary N) is 1. The van der Waals surface area contributed by atoms with Crippen LogP contribution in [-0.2, 0) is 12.3 Å². The Balaban J connectivity index is 1.39. The summed E-state index contributed by atoms with van der Waals surface area (Å²) in [5.74, 6) is 2.72. The number of hydrogen-bond donors (Lipinski definition) is 1. The Kier molecular flexibility index (Phi) is 7.15. The van der Waals surface area contributed by atoms with Gasteiger partial charge in [0.05, 0.1) is 12.8 Å². The van der Waals surface area contributed by atoms with Crippen molar-refractivity contribution in [2.24, 2.45) is 0 Å². The molecule has 168 valence electrons. The van der Waals surface area contributed by atoms with Crippen LogP contribution in [0.3, 0.4) is 0 Å². The largest absolute Gasteiger partial charge is 0.496 e. The van der Waals surface area contributed by atoms with Crippen LogP contribution in [-0.4, -0.2) is 18.0 Å². The highest BCUT2D eigenvalue weighted by Crippen LogP contribution is 2.28. The van der Waals surface area contributed by atoms with Crippen molar-refractivity contribution in [2.45, 2.75) is 31.0 Å². The number of oxazole rings is 1. The van der Waals surface area contributed by atoms with Gasteiger partial charge >= 0.3 is 0 Å². The molecule has 0 saturated heterocycles. The normalized spacial score (nSPS) is 10.8. The van der Waals surface area contributed by atoms with Gasteiger partial charge in [-0.15, -0.1) is 11.8 Å². The molecule has 4 rings (SSSR count). The molecule has 1 N–H and O–H groups in total. The first-order valence-corrected chi connectivity index (χ1v) is 11.7. The molecule has 1 heterocycles. The Labute approximate surface area is 198 Å². The average molecular weight is 459 g/mol. The van der Waals surface area contributed by atoms with Crippen molar-refractivity contribution in [2.75, 3.05) is 7.11 Å². The highest BCUT2D eigenvalue weighted by atomic mass is 32.2. The van der Waals surface area contributed by atoms with Crippen LogP contribution in [0.1, 0.15) is 32.9 Å². The third kappa shape index (κ3) is 5.65. The molecule has 1 aromatic heterocycles. The molecule has 5 nitrogen and oxygen atoms in total. The van der Waals surface area contributed by atoms with Crippen molar-refractivity contribution >= 4 is 17.7 Å². The number of para-hydroxylation sites is 1. The monoisotopic (exact) mass is 458 g/mol. The minimum atomic E-state index is -0.147. The molecule has 0 spiro atoms. The molecule has 33 heavy (non-hydrogen) atoms. The van der Waals surface area contributed by atoms with E-state index in [1.54, 1.807) is 31.0 Å². The van der Waals surface area contributed by atoms with E-state index in [-0.39, 0.29) is 5.91 Å². The fraction of sp³-hybridized carbons (Fsp3) is 0.185. The van der Waals surface area contributed by atoms with Gasteiger partial charge < -0.3 is 14.5 Å².